The highest BCUT2D eigenvalue weighted by Crippen LogP contribution is 2.36. The average Bonchev–Trinajstić information content (AvgIpc) is 2.56. The first-order valence-electron chi connectivity index (χ1n) is 7.67. The molecule has 2 atom stereocenters. The fourth-order valence-corrected chi connectivity index (χ4v) is 3.14. The SMILES string of the molecule is Cc1cc(O)c([C@H](N)C2CCN(C(=O)[C@H](O)CO)CC2)cc1Cl. The summed E-state index contributed by atoms with van der Waals surface area (Å²) in [4.78, 5) is 13.4. The summed E-state index contributed by atoms with van der Waals surface area (Å²) in [6, 6.07) is 2.94. The van der Waals surface area contributed by atoms with Gasteiger partial charge in [-0.05, 0) is 43.4 Å². The van der Waals surface area contributed by atoms with Crippen molar-refractivity contribution in [2.45, 2.75) is 31.9 Å². The molecule has 0 aromatic heterocycles. The smallest absolute Gasteiger partial charge is 0.253 e. The number of aromatic hydroxyl groups is 1. The van der Waals surface area contributed by atoms with Gasteiger partial charge in [-0.2, -0.15) is 0 Å². The summed E-state index contributed by atoms with van der Waals surface area (Å²) in [6.07, 6.45) is -0.0356. The van der Waals surface area contributed by atoms with E-state index in [1.165, 1.54) is 4.90 Å². The number of amides is 1. The Balaban J connectivity index is 2.03. The van der Waals surface area contributed by atoms with Gasteiger partial charge in [-0.15, -0.1) is 0 Å². The largest absolute Gasteiger partial charge is 0.508 e. The highest BCUT2D eigenvalue weighted by molar-refractivity contribution is 6.31. The number of piperidine rings is 1. The molecule has 1 heterocycles. The molecule has 6 nitrogen and oxygen atoms in total. The first-order valence-corrected chi connectivity index (χ1v) is 8.05. The molecule has 0 aliphatic carbocycles. The van der Waals surface area contributed by atoms with Crippen LogP contribution < -0.4 is 5.73 Å². The van der Waals surface area contributed by atoms with Crippen molar-refractivity contribution in [1.29, 1.82) is 0 Å². The standard InChI is InChI=1S/C16H23ClN2O4/c1-9-6-13(21)11(7-12(9)17)15(18)10-2-4-19(5-3-10)16(23)14(22)8-20/h6-7,10,14-15,20-22H,2-5,8,18H2,1H3/t14-,15-/m1/s1. The van der Waals surface area contributed by atoms with Gasteiger partial charge in [-0.3, -0.25) is 4.79 Å². The Morgan fingerprint density at radius 3 is 2.61 bits per heavy atom. The Bertz CT molecular complexity index is 573. The lowest BCUT2D eigenvalue weighted by Crippen LogP contribution is -2.46. The van der Waals surface area contributed by atoms with Crippen LogP contribution in [-0.4, -0.2) is 51.9 Å². The van der Waals surface area contributed by atoms with Crippen molar-refractivity contribution in [3.8, 4) is 5.75 Å². The Labute approximate surface area is 140 Å². The molecule has 0 radical (unpaired) electrons. The average molecular weight is 343 g/mol. The molecule has 0 saturated carbocycles. The minimum Gasteiger partial charge on any atom is -0.508 e. The zero-order valence-electron chi connectivity index (χ0n) is 13.1. The van der Waals surface area contributed by atoms with Crippen LogP contribution in [0.25, 0.3) is 0 Å². The predicted octanol–water partition coefficient (Wildman–Crippen LogP) is 0.946. The van der Waals surface area contributed by atoms with E-state index in [0.717, 1.165) is 5.56 Å². The number of carbonyl (C=O) groups excluding carboxylic acids is 1. The van der Waals surface area contributed by atoms with E-state index in [0.29, 0.717) is 36.5 Å². The summed E-state index contributed by atoms with van der Waals surface area (Å²) < 4.78 is 0. The lowest BCUT2D eigenvalue weighted by Gasteiger charge is -2.35. The van der Waals surface area contributed by atoms with Gasteiger partial charge in [0, 0.05) is 29.7 Å². The van der Waals surface area contributed by atoms with Crippen molar-refractivity contribution in [3.63, 3.8) is 0 Å². The molecular weight excluding hydrogens is 320 g/mol. The number of rotatable bonds is 4. The maximum atomic E-state index is 11.8. The predicted molar refractivity (Wildman–Crippen MR) is 87.2 cm³/mol. The normalized spacial score (nSPS) is 18.7. The van der Waals surface area contributed by atoms with Gasteiger partial charge in [0.1, 0.15) is 5.75 Å². The highest BCUT2D eigenvalue weighted by Gasteiger charge is 2.30. The van der Waals surface area contributed by atoms with E-state index >= 15 is 0 Å². The molecule has 0 spiro atoms. The van der Waals surface area contributed by atoms with Gasteiger partial charge >= 0.3 is 0 Å². The molecule has 0 bridgehead atoms. The van der Waals surface area contributed by atoms with Gasteiger partial charge in [-0.25, -0.2) is 0 Å². The summed E-state index contributed by atoms with van der Waals surface area (Å²) >= 11 is 6.11. The maximum absolute atomic E-state index is 11.8. The first kappa shape index (κ1) is 18.0. The van der Waals surface area contributed by atoms with Gasteiger partial charge in [-0.1, -0.05) is 11.6 Å². The molecule has 7 heteroatoms. The van der Waals surface area contributed by atoms with Crippen LogP contribution >= 0.6 is 11.6 Å². The number of phenols is 1. The minimum atomic E-state index is -1.36. The number of nitrogens with zero attached hydrogens (tertiary/aromatic N) is 1. The monoisotopic (exact) mass is 342 g/mol. The zero-order valence-corrected chi connectivity index (χ0v) is 13.8. The quantitative estimate of drug-likeness (QED) is 0.651. The second-order valence-electron chi connectivity index (χ2n) is 6.05. The molecule has 0 unspecified atom stereocenters. The number of benzene rings is 1. The second kappa shape index (κ2) is 7.49. The van der Waals surface area contributed by atoms with Crippen LogP contribution in [0.1, 0.15) is 30.0 Å². The van der Waals surface area contributed by atoms with E-state index in [9.17, 15) is 15.0 Å². The number of nitrogens with two attached hydrogens (primary N) is 1. The molecule has 128 valence electrons. The van der Waals surface area contributed by atoms with Crippen molar-refractivity contribution >= 4 is 17.5 Å². The molecule has 1 fully saturated rings. The van der Waals surface area contributed by atoms with Crippen LogP contribution in [-0.2, 0) is 4.79 Å². The van der Waals surface area contributed by atoms with E-state index in [1.54, 1.807) is 12.1 Å². The van der Waals surface area contributed by atoms with E-state index in [1.807, 2.05) is 6.92 Å². The van der Waals surface area contributed by atoms with Crippen molar-refractivity contribution in [3.05, 3.63) is 28.3 Å². The highest BCUT2D eigenvalue weighted by atomic mass is 35.5. The molecule has 1 amide bonds. The molecule has 1 aromatic rings. The third-order valence-electron chi connectivity index (χ3n) is 4.48. The summed E-state index contributed by atoms with van der Waals surface area (Å²) in [5, 5.41) is 28.9. The molecule has 23 heavy (non-hydrogen) atoms. The number of halogens is 1. The topological polar surface area (TPSA) is 107 Å². The Morgan fingerprint density at radius 2 is 2.04 bits per heavy atom. The van der Waals surface area contributed by atoms with Crippen molar-refractivity contribution in [2.24, 2.45) is 11.7 Å². The third-order valence-corrected chi connectivity index (χ3v) is 4.89. The Hall–Kier alpha value is -1.34. The number of likely N-dealkylation sites (tertiary alicyclic amines) is 1. The molecule has 1 aliphatic heterocycles. The molecule has 1 aliphatic rings. The number of aryl methyl sites for hydroxylation is 1. The zero-order chi connectivity index (χ0) is 17.1. The van der Waals surface area contributed by atoms with Crippen LogP contribution in [0.4, 0.5) is 0 Å². The van der Waals surface area contributed by atoms with Gasteiger partial charge in [0.25, 0.3) is 5.91 Å². The Kier molecular flexibility index (Phi) is 5.86. The van der Waals surface area contributed by atoms with Gasteiger partial charge in [0.2, 0.25) is 0 Å². The number of aliphatic hydroxyl groups excluding tert-OH is 2. The molecular formula is C16H23ClN2O4. The van der Waals surface area contributed by atoms with Gasteiger partial charge < -0.3 is 26.0 Å². The van der Waals surface area contributed by atoms with Gasteiger partial charge in [0.05, 0.1) is 6.61 Å². The van der Waals surface area contributed by atoms with E-state index in [2.05, 4.69) is 0 Å². The number of aliphatic hydroxyl groups is 2. The van der Waals surface area contributed by atoms with Crippen LogP contribution in [0, 0.1) is 12.8 Å². The summed E-state index contributed by atoms with van der Waals surface area (Å²) in [6.45, 7) is 2.17. The van der Waals surface area contributed by atoms with Crippen LogP contribution in [0.3, 0.4) is 0 Å². The van der Waals surface area contributed by atoms with Crippen molar-refractivity contribution in [2.75, 3.05) is 19.7 Å². The summed E-state index contributed by atoms with van der Waals surface area (Å²) in [7, 11) is 0. The fourth-order valence-electron chi connectivity index (χ4n) is 2.97. The van der Waals surface area contributed by atoms with E-state index in [-0.39, 0.29) is 17.7 Å². The molecule has 2 rings (SSSR count). The lowest BCUT2D eigenvalue weighted by molar-refractivity contribution is -0.143. The van der Waals surface area contributed by atoms with Crippen molar-refractivity contribution in [1.82, 2.24) is 4.90 Å². The van der Waals surface area contributed by atoms with E-state index in [4.69, 9.17) is 22.4 Å². The minimum absolute atomic E-state index is 0.106. The van der Waals surface area contributed by atoms with Gasteiger partial charge in [0.15, 0.2) is 6.10 Å². The lowest BCUT2D eigenvalue weighted by atomic mass is 9.85. The van der Waals surface area contributed by atoms with Crippen LogP contribution in [0.5, 0.6) is 5.75 Å². The maximum Gasteiger partial charge on any atom is 0.253 e. The first-order chi connectivity index (χ1) is 10.8. The molecule has 5 N–H and O–H groups in total. The Morgan fingerprint density at radius 1 is 1.43 bits per heavy atom. The van der Waals surface area contributed by atoms with Crippen LogP contribution in [0.2, 0.25) is 5.02 Å². The van der Waals surface area contributed by atoms with Crippen LogP contribution in [0.15, 0.2) is 12.1 Å². The number of hydrogen-bond donors (Lipinski definition) is 4. The second-order valence-corrected chi connectivity index (χ2v) is 6.45. The molecule has 1 saturated heterocycles. The number of phenolic OH excluding ortho intramolecular Hbond substituents is 1. The third kappa shape index (κ3) is 3.95. The number of carbonyl (C=O) groups is 1. The summed E-state index contributed by atoms with van der Waals surface area (Å²) in [5.74, 6) is -0.218. The van der Waals surface area contributed by atoms with E-state index < -0.39 is 18.6 Å². The summed E-state index contributed by atoms with van der Waals surface area (Å²) in [5.41, 5.74) is 7.69. The fraction of sp³-hybridized carbons (Fsp3) is 0.562. The van der Waals surface area contributed by atoms with Crippen molar-refractivity contribution < 1.29 is 20.1 Å². The molecule has 1 aromatic carbocycles. The number of hydrogen-bond acceptors (Lipinski definition) is 5.